The number of anilines is 1. The van der Waals surface area contributed by atoms with E-state index in [1.54, 1.807) is 18.3 Å². The number of rotatable bonds is 4. The zero-order valence-corrected chi connectivity index (χ0v) is 14.1. The van der Waals surface area contributed by atoms with Crippen molar-refractivity contribution in [3.63, 3.8) is 0 Å². The van der Waals surface area contributed by atoms with E-state index in [0.29, 0.717) is 11.4 Å². The van der Waals surface area contributed by atoms with Crippen LogP contribution in [0.5, 0.6) is 0 Å². The molecule has 3 aromatic rings. The van der Waals surface area contributed by atoms with Crippen LogP contribution in [0.3, 0.4) is 0 Å². The monoisotopic (exact) mass is 334 g/mol. The minimum Gasteiger partial charge on any atom is -0.321 e. The minimum absolute atomic E-state index is 0.175. The number of carbonyl (C=O) groups is 1. The van der Waals surface area contributed by atoms with Gasteiger partial charge in [0.25, 0.3) is 11.5 Å². The van der Waals surface area contributed by atoms with Crippen molar-refractivity contribution in [1.29, 1.82) is 0 Å². The number of amides is 1. The Hall–Kier alpha value is -3.28. The average Bonchev–Trinajstić information content (AvgIpc) is 2.61. The van der Waals surface area contributed by atoms with Crippen LogP contribution < -0.4 is 10.9 Å². The van der Waals surface area contributed by atoms with Gasteiger partial charge in [-0.3, -0.25) is 14.6 Å². The van der Waals surface area contributed by atoms with Crippen molar-refractivity contribution < 1.29 is 4.79 Å². The van der Waals surface area contributed by atoms with Crippen LogP contribution in [-0.4, -0.2) is 20.7 Å². The first kappa shape index (κ1) is 16.6. The highest BCUT2D eigenvalue weighted by molar-refractivity contribution is 6.02. The Kier molecular flexibility index (Phi) is 4.70. The van der Waals surface area contributed by atoms with E-state index in [1.165, 1.54) is 16.8 Å². The van der Waals surface area contributed by atoms with Crippen molar-refractivity contribution in [2.24, 2.45) is 0 Å². The SMILES string of the molecule is Cc1ccc(NC(=O)c2ccc(=O)n(Cc3ccccn3)n2)cc1C. The number of aromatic nitrogens is 3. The number of nitrogens with zero attached hydrogens (tertiary/aromatic N) is 3. The van der Waals surface area contributed by atoms with Crippen LogP contribution in [0.1, 0.15) is 27.3 Å². The molecule has 0 aliphatic rings. The Morgan fingerprint density at radius 2 is 1.92 bits per heavy atom. The predicted molar refractivity (Wildman–Crippen MR) is 95.7 cm³/mol. The predicted octanol–water partition coefficient (Wildman–Crippen LogP) is 2.56. The summed E-state index contributed by atoms with van der Waals surface area (Å²) in [6.45, 7) is 4.21. The lowest BCUT2D eigenvalue weighted by molar-refractivity contribution is 0.102. The van der Waals surface area contributed by atoms with Crippen molar-refractivity contribution in [2.45, 2.75) is 20.4 Å². The van der Waals surface area contributed by atoms with Crippen molar-refractivity contribution >= 4 is 11.6 Å². The Labute approximate surface area is 145 Å². The van der Waals surface area contributed by atoms with Gasteiger partial charge in [0, 0.05) is 18.0 Å². The molecule has 0 fully saturated rings. The van der Waals surface area contributed by atoms with Gasteiger partial charge < -0.3 is 5.32 Å². The lowest BCUT2D eigenvalue weighted by atomic mass is 10.1. The topological polar surface area (TPSA) is 76.9 Å². The van der Waals surface area contributed by atoms with Crippen LogP contribution in [0.4, 0.5) is 5.69 Å². The Bertz CT molecular complexity index is 965. The maximum atomic E-state index is 12.4. The molecule has 0 saturated carbocycles. The van der Waals surface area contributed by atoms with Gasteiger partial charge in [0.2, 0.25) is 0 Å². The van der Waals surface area contributed by atoms with Gasteiger partial charge in [-0.2, -0.15) is 5.10 Å². The smallest absolute Gasteiger partial charge is 0.276 e. The molecule has 1 N–H and O–H groups in total. The Morgan fingerprint density at radius 1 is 1.08 bits per heavy atom. The second kappa shape index (κ2) is 7.09. The molecule has 0 bridgehead atoms. The molecule has 0 saturated heterocycles. The molecule has 0 unspecified atom stereocenters. The van der Waals surface area contributed by atoms with E-state index in [4.69, 9.17) is 0 Å². The molecule has 0 aliphatic carbocycles. The molecule has 126 valence electrons. The van der Waals surface area contributed by atoms with Gasteiger partial charge in [-0.15, -0.1) is 0 Å². The molecule has 1 aromatic carbocycles. The quantitative estimate of drug-likeness (QED) is 0.795. The fourth-order valence-electron chi connectivity index (χ4n) is 2.34. The lowest BCUT2D eigenvalue weighted by Gasteiger charge is -2.09. The highest BCUT2D eigenvalue weighted by Gasteiger charge is 2.11. The van der Waals surface area contributed by atoms with Crippen LogP contribution in [-0.2, 0) is 6.54 Å². The first-order valence-electron chi connectivity index (χ1n) is 7.89. The molecule has 6 heteroatoms. The van der Waals surface area contributed by atoms with Crippen LogP contribution in [0, 0.1) is 13.8 Å². The Balaban J connectivity index is 1.82. The maximum absolute atomic E-state index is 12.4. The summed E-state index contributed by atoms with van der Waals surface area (Å²) in [6, 6.07) is 13.9. The van der Waals surface area contributed by atoms with Crippen LogP contribution >= 0.6 is 0 Å². The van der Waals surface area contributed by atoms with Gasteiger partial charge in [0.1, 0.15) is 5.69 Å². The third-order valence-electron chi connectivity index (χ3n) is 3.90. The van der Waals surface area contributed by atoms with Gasteiger partial charge >= 0.3 is 0 Å². The third-order valence-corrected chi connectivity index (χ3v) is 3.90. The first-order chi connectivity index (χ1) is 12.0. The summed E-state index contributed by atoms with van der Waals surface area (Å²) in [5.41, 5.74) is 3.52. The lowest BCUT2D eigenvalue weighted by Crippen LogP contribution is -2.26. The highest BCUT2D eigenvalue weighted by Crippen LogP contribution is 2.14. The molecule has 6 nitrogen and oxygen atoms in total. The highest BCUT2D eigenvalue weighted by atomic mass is 16.2. The molecule has 0 radical (unpaired) electrons. The number of benzene rings is 1. The number of hydrogen-bond donors (Lipinski definition) is 1. The van der Waals surface area contributed by atoms with E-state index < -0.39 is 0 Å². The molecular weight excluding hydrogens is 316 g/mol. The van der Waals surface area contributed by atoms with E-state index in [-0.39, 0.29) is 23.7 Å². The van der Waals surface area contributed by atoms with Crippen LogP contribution in [0.25, 0.3) is 0 Å². The standard InChI is InChI=1S/C19H18N4O2/c1-13-6-7-15(11-14(13)2)21-19(25)17-8-9-18(24)23(22-17)12-16-5-3-4-10-20-16/h3-11H,12H2,1-2H3,(H,21,25). The molecule has 0 atom stereocenters. The van der Waals surface area contributed by atoms with E-state index >= 15 is 0 Å². The number of nitrogens with one attached hydrogen (secondary N) is 1. The normalized spacial score (nSPS) is 10.5. The molecule has 2 aromatic heterocycles. The van der Waals surface area contributed by atoms with Crippen LogP contribution in [0.15, 0.2) is 59.5 Å². The van der Waals surface area contributed by atoms with Crippen molar-refractivity contribution in [1.82, 2.24) is 14.8 Å². The fourth-order valence-corrected chi connectivity index (χ4v) is 2.34. The maximum Gasteiger partial charge on any atom is 0.276 e. The van der Waals surface area contributed by atoms with E-state index in [2.05, 4.69) is 15.4 Å². The molecule has 25 heavy (non-hydrogen) atoms. The second-order valence-electron chi connectivity index (χ2n) is 5.79. The first-order valence-corrected chi connectivity index (χ1v) is 7.89. The number of pyridine rings is 1. The van der Waals surface area contributed by atoms with Crippen molar-refractivity contribution in [2.75, 3.05) is 5.32 Å². The van der Waals surface area contributed by atoms with Crippen molar-refractivity contribution in [3.8, 4) is 0 Å². The molecule has 3 rings (SSSR count). The van der Waals surface area contributed by atoms with Gasteiger partial charge in [-0.25, -0.2) is 4.68 Å². The van der Waals surface area contributed by atoms with Gasteiger partial charge in [-0.05, 0) is 55.3 Å². The molecule has 0 aliphatic heterocycles. The summed E-state index contributed by atoms with van der Waals surface area (Å²) in [6.07, 6.45) is 1.65. The number of hydrogen-bond acceptors (Lipinski definition) is 4. The molecular formula is C19H18N4O2. The summed E-state index contributed by atoms with van der Waals surface area (Å²) in [4.78, 5) is 28.6. The summed E-state index contributed by atoms with van der Waals surface area (Å²) in [5.74, 6) is -0.363. The summed E-state index contributed by atoms with van der Waals surface area (Å²) in [7, 11) is 0. The van der Waals surface area contributed by atoms with Gasteiger partial charge in [0.15, 0.2) is 0 Å². The average molecular weight is 334 g/mol. The van der Waals surface area contributed by atoms with Gasteiger partial charge in [0.05, 0.1) is 12.2 Å². The second-order valence-corrected chi connectivity index (χ2v) is 5.79. The third kappa shape index (κ3) is 3.98. The number of aryl methyl sites for hydroxylation is 2. The van der Waals surface area contributed by atoms with E-state index in [1.807, 2.05) is 38.1 Å². The zero-order chi connectivity index (χ0) is 17.8. The molecule has 2 heterocycles. The van der Waals surface area contributed by atoms with Gasteiger partial charge in [-0.1, -0.05) is 12.1 Å². The molecule has 0 spiro atoms. The largest absolute Gasteiger partial charge is 0.321 e. The van der Waals surface area contributed by atoms with E-state index in [0.717, 1.165) is 11.1 Å². The van der Waals surface area contributed by atoms with Crippen molar-refractivity contribution in [3.05, 3.63) is 87.6 Å². The minimum atomic E-state index is -0.363. The molecule has 1 amide bonds. The summed E-state index contributed by atoms with van der Waals surface area (Å²) >= 11 is 0. The summed E-state index contributed by atoms with van der Waals surface area (Å²) < 4.78 is 1.23. The number of carbonyl (C=O) groups excluding carboxylic acids is 1. The van der Waals surface area contributed by atoms with Crippen LogP contribution in [0.2, 0.25) is 0 Å². The zero-order valence-electron chi connectivity index (χ0n) is 14.1. The summed E-state index contributed by atoms with van der Waals surface area (Å²) in [5, 5.41) is 6.96. The fraction of sp³-hybridized carbons (Fsp3) is 0.158. The Morgan fingerprint density at radius 3 is 2.64 bits per heavy atom. The van der Waals surface area contributed by atoms with E-state index in [9.17, 15) is 9.59 Å².